The summed E-state index contributed by atoms with van der Waals surface area (Å²) in [6.45, 7) is 6.07. The molecule has 0 saturated carbocycles. The van der Waals surface area contributed by atoms with Gasteiger partial charge in [-0.15, -0.1) is 0 Å². The number of piperidine rings is 1. The van der Waals surface area contributed by atoms with E-state index < -0.39 is 0 Å². The van der Waals surface area contributed by atoms with Crippen LogP contribution in [0.4, 0.5) is 0 Å². The number of hydrogen-bond donors (Lipinski definition) is 2. The Labute approximate surface area is 97.8 Å². The standard InChI is InChI=1S/C12H24N2O2/c1-9(2)7-10-8-14(6-4-11(10)15)12(16)3-5-13/h9-11,15H,3-8,13H2,1-2H3/t10-,11+/m0/s1. The molecule has 0 aromatic heterocycles. The van der Waals surface area contributed by atoms with E-state index in [4.69, 9.17) is 5.73 Å². The molecule has 2 atom stereocenters. The first-order chi connectivity index (χ1) is 7.54. The first-order valence-electron chi connectivity index (χ1n) is 6.20. The molecule has 1 rings (SSSR count). The Morgan fingerprint density at radius 2 is 2.25 bits per heavy atom. The van der Waals surface area contributed by atoms with Gasteiger partial charge in [-0.2, -0.15) is 0 Å². The Morgan fingerprint density at radius 1 is 1.56 bits per heavy atom. The zero-order valence-electron chi connectivity index (χ0n) is 10.4. The highest BCUT2D eigenvalue weighted by Crippen LogP contribution is 2.24. The summed E-state index contributed by atoms with van der Waals surface area (Å²) < 4.78 is 0. The number of carbonyl (C=O) groups excluding carboxylic acids is 1. The molecular weight excluding hydrogens is 204 g/mol. The second-order valence-electron chi connectivity index (χ2n) is 5.12. The van der Waals surface area contributed by atoms with Crippen LogP contribution in [0, 0.1) is 11.8 Å². The van der Waals surface area contributed by atoms with Gasteiger partial charge in [-0.3, -0.25) is 4.79 Å². The van der Waals surface area contributed by atoms with Crippen LogP contribution in [-0.4, -0.2) is 41.7 Å². The predicted molar refractivity (Wildman–Crippen MR) is 63.8 cm³/mol. The lowest BCUT2D eigenvalue weighted by Crippen LogP contribution is -2.46. The number of hydrogen-bond acceptors (Lipinski definition) is 3. The Morgan fingerprint density at radius 3 is 2.81 bits per heavy atom. The third-order valence-electron chi connectivity index (χ3n) is 3.18. The first-order valence-corrected chi connectivity index (χ1v) is 6.20. The minimum atomic E-state index is -0.246. The number of rotatable bonds is 4. The average molecular weight is 228 g/mol. The predicted octanol–water partition coefficient (Wildman–Crippen LogP) is 0.591. The Bertz CT molecular complexity index is 231. The van der Waals surface area contributed by atoms with Crippen molar-refractivity contribution in [2.45, 2.75) is 39.2 Å². The quantitative estimate of drug-likeness (QED) is 0.740. The van der Waals surface area contributed by atoms with E-state index in [1.165, 1.54) is 0 Å². The summed E-state index contributed by atoms with van der Waals surface area (Å²) in [6, 6.07) is 0. The molecule has 0 spiro atoms. The number of aliphatic hydroxyl groups is 1. The number of nitrogens with zero attached hydrogens (tertiary/aromatic N) is 1. The maximum absolute atomic E-state index is 11.7. The first kappa shape index (κ1) is 13.5. The van der Waals surface area contributed by atoms with Crippen molar-refractivity contribution in [3.8, 4) is 0 Å². The highest BCUT2D eigenvalue weighted by molar-refractivity contribution is 5.76. The fourth-order valence-electron chi connectivity index (χ4n) is 2.37. The Kier molecular flexibility index (Phi) is 5.22. The molecule has 1 fully saturated rings. The van der Waals surface area contributed by atoms with Crippen LogP contribution < -0.4 is 5.73 Å². The summed E-state index contributed by atoms with van der Waals surface area (Å²) in [5.41, 5.74) is 5.38. The fourth-order valence-corrected chi connectivity index (χ4v) is 2.37. The second-order valence-corrected chi connectivity index (χ2v) is 5.12. The van der Waals surface area contributed by atoms with E-state index in [9.17, 15) is 9.90 Å². The molecule has 4 heteroatoms. The Hall–Kier alpha value is -0.610. The van der Waals surface area contributed by atoms with E-state index in [1.54, 1.807) is 0 Å². The maximum atomic E-state index is 11.7. The highest BCUT2D eigenvalue weighted by atomic mass is 16.3. The topological polar surface area (TPSA) is 66.6 Å². The summed E-state index contributed by atoms with van der Waals surface area (Å²) in [6.07, 6.45) is 1.86. The van der Waals surface area contributed by atoms with Crippen LogP contribution in [0.2, 0.25) is 0 Å². The van der Waals surface area contributed by atoms with Gasteiger partial charge in [0, 0.05) is 32.0 Å². The SMILES string of the molecule is CC(C)C[C@H]1CN(C(=O)CCN)CC[C@H]1O. The lowest BCUT2D eigenvalue weighted by atomic mass is 9.87. The van der Waals surface area contributed by atoms with Crippen LogP contribution in [0.1, 0.15) is 33.1 Å². The lowest BCUT2D eigenvalue weighted by molar-refractivity contribution is -0.135. The molecule has 16 heavy (non-hydrogen) atoms. The zero-order chi connectivity index (χ0) is 12.1. The van der Waals surface area contributed by atoms with Crippen molar-refractivity contribution in [2.24, 2.45) is 17.6 Å². The largest absolute Gasteiger partial charge is 0.393 e. The monoisotopic (exact) mass is 228 g/mol. The molecule has 0 aromatic rings. The third-order valence-corrected chi connectivity index (χ3v) is 3.18. The molecule has 94 valence electrons. The van der Waals surface area contributed by atoms with Gasteiger partial charge < -0.3 is 15.7 Å². The molecule has 1 aliphatic rings. The number of aliphatic hydroxyl groups excluding tert-OH is 1. The van der Waals surface area contributed by atoms with Gasteiger partial charge in [0.2, 0.25) is 5.91 Å². The summed E-state index contributed by atoms with van der Waals surface area (Å²) in [7, 11) is 0. The summed E-state index contributed by atoms with van der Waals surface area (Å²) >= 11 is 0. The van der Waals surface area contributed by atoms with Crippen LogP contribution in [0.5, 0.6) is 0 Å². The molecule has 0 aromatic carbocycles. The van der Waals surface area contributed by atoms with Gasteiger partial charge in [0.25, 0.3) is 0 Å². The van der Waals surface area contributed by atoms with Crippen molar-refractivity contribution in [3.05, 3.63) is 0 Å². The minimum Gasteiger partial charge on any atom is -0.393 e. The highest BCUT2D eigenvalue weighted by Gasteiger charge is 2.29. The molecular formula is C12H24N2O2. The van der Waals surface area contributed by atoms with E-state index in [-0.39, 0.29) is 17.9 Å². The molecule has 1 aliphatic heterocycles. The lowest BCUT2D eigenvalue weighted by Gasteiger charge is -2.37. The van der Waals surface area contributed by atoms with Crippen molar-refractivity contribution in [3.63, 3.8) is 0 Å². The molecule has 0 bridgehead atoms. The van der Waals surface area contributed by atoms with Crippen LogP contribution in [0.15, 0.2) is 0 Å². The molecule has 4 nitrogen and oxygen atoms in total. The normalized spacial score (nSPS) is 26.2. The van der Waals surface area contributed by atoms with E-state index in [2.05, 4.69) is 13.8 Å². The molecule has 0 aliphatic carbocycles. The van der Waals surface area contributed by atoms with Crippen molar-refractivity contribution in [1.82, 2.24) is 4.90 Å². The molecule has 1 heterocycles. The van der Waals surface area contributed by atoms with Gasteiger partial charge in [0.15, 0.2) is 0 Å². The number of nitrogens with two attached hydrogens (primary N) is 1. The van der Waals surface area contributed by atoms with Crippen molar-refractivity contribution < 1.29 is 9.90 Å². The third kappa shape index (κ3) is 3.76. The number of amides is 1. The summed E-state index contributed by atoms with van der Waals surface area (Å²) in [5.74, 6) is 0.919. The van der Waals surface area contributed by atoms with Gasteiger partial charge in [-0.25, -0.2) is 0 Å². The minimum absolute atomic E-state index is 0.128. The maximum Gasteiger partial charge on any atom is 0.223 e. The Balaban J connectivity index is 2.49. The van der Waals surface area contributed by atoms with E-state index in [0.29, 0.717) is 38.4 Å². The van der Waals surface area contributed by atoms with Crippen molar-refractivity contribution in [1.29, 1.82) is 0 Å². The molecule has 3 N–H and O–H groups in total. The van der Waals surface area contributed by atoms with Gasteiger partial charge >= 0.3 is 0 Å². The molecule has 0 radical (unpaired) electrons. The van der Waals surface area contributed by atoms with E-state index in [0.717, 1.165) is 6.42 Å². The van der Waals surface area contributed by atoms with Crippen LogP contribution >= 0.6 is 0 Å². The van der Waals surface area contributed by atoms with Gasteiger partial charge in [0.05, 0.1) is 6.10 Å². The van der Waals surface area contributed by atoms with E-state index >= 15 is 0 Å². The molecule has 1 saturated heterocycles. The van der Waals surface area contributed by atoms with Crippen molar-refractivity contribution >= 4 is 5.91 Å². The smallest absolute Gasteiger partial charge is 0.223 e. The number of likely N-dealkylation sites (tertiary alicyclic amines) is 1. The van der Waals surface area contributed by atoms with Crippen molar-refractivity contribution in [2.75, 3.05) is 19.6 Å². The summed E-state index contributed by atoms with van der Waals surface area (Å²) in [4.78, 5) is 13.6. The average Bonchev–Trinajstić information content (AvgIpc) is 2.21. The van der Waals surface area contributed by atoms with Gasteiger partial charge in [-0.1, -0.05) is 13.8 Å². The second kappa shape index (κ2) is 6.21. The van der Waals surface area contributed by atoms with Gasteiger partial charge in [-0.05, 0) is 18.8 Å². The van der Waals surface area contributed by atoms with Crippen LogP contribution in [-0.2, 0) is 4.79 Å². The van der Waals surface area contributed by atoms with Crippen LogP contribution in [0.3, 0.4) is 0 Å². The van der Waals surface area contributed by atoms with Crippen LogP contribution in [0.25, 0.3) is 0 Å². The summed E-state index contributed by atoms with van der Waals surface area (Å²) in [5, 5.41) is 9.88. The van der Waals surface area contributed by atoms with Gasteiger partial charge in [0.1, 0.15) is 0 Å². The zero-order valence-corrected chi connectivity index (χ0v) is 10.4. The fraction of sp³-hybridized carbons (Fsp3) is 0.917. The number of carbonyl (C=O) groups is 1. The molecule has 1 amide bonds. The molecule has 0 unspecified atom stereocenters. The van der Waals surface area contributed by atoms with E-state index in [1.807, 2.05) is 4.90 Å².